The van der Waals surface area contributed by atoms with Crippen molar-refractivity contribution in [1.82, 2.24) is 19.9 Å². The third-order valence-electron chi connectivity index (χ3n) is 4.42. The molecule has 0 unspecified atom stereocenters. The van der Waals surface area contributed by atoms with Gasteiger partial charge in [-0.05, 0) is 24.8 Å². The summed E-state index contributed by atoms with van der Waals surface area (Å²) in [5, 5.41) is 17.3. The Labute approximate surface area is 131 Å². The maximum Gasteiger partial charge on any atom is 0.0850 e. The van der Waals surface area contributed by atoms with Crippen molar-refractivity contribution in [3.63, 3.8) is 0 Å². The highest BCUT2D eigenvalue weighted by atomic mass is 16.3. The molecule has 22 heavy (non-hydrogen) atoms. The van der Waals surface area contributed by atoms with E-state index in [0.717, 1.165) is 44.6 Å². The van der Waals surface area contributed by atoms with Crippen molar-refractivity contribution >= 4 is 0 Å². The Morgan fingerprint density at radius 2 is 1.86 bits per heavy atom. The lowest BCUT2D eigenvalue weighted by molar-refractivity contribution is 0.180. The van der Waals surface area contributed by atoms with Gasteiger partial charge in [-0.1, -0.05) is 35.5 Å². The molecule has 1 aliphatic rings. The molecule has 3 rings (SSSR count). The van der Waals surface area contributed by atoms with E-state index < -0.39 is 0 Å². The fourth-order valence-electron chi connectivity index (χ4n) is 3.06. The second kappa shape index (κ2) is 7.51. The predicted molar refractivity (Wildman–Crippen MR) is 85.7 cm³/mol. The van der Waals surface area contributed by atoms with Gasteiger partial charge in [-0.2, -0.15) is 0 Å². The Balaban J connectivity index is 1.45. The average Bonchev–Trinajstić information content (AvgIpc) is 3.03. The summed E-state index contributed by atoms with van der Waals surface area (Å²) in [5.41, 5.74) is 2.29. The molecule has 0 amide bonds. The summed E-state index contributed by atoms with van der Waals surface area (Å²) in [6.07, 6.45) is 5.94. The van der Waals surface area contributed by atoms with Gasteiger partial charge in [0.2, 0.25) is 0 Å². The van der Waals surface area contributed by atoms with Crippen molar-refractivity contribution in [3.05, 3.63) is 47.8 Å². The maximum atomic E-state index is 8.94. The molecule has 2 aromatic rings. The molecule has 1 fully saturated rings. The Hall–Kier alpha value is -1.72. The number of aliphatic hydroxyl groups is 1. The van der Waals surface area contributed by atoms with Crippen molar-refractivity contribution < 1.29 is 5.11 Å². The zero-order chi connectivity index (χ0) is 15.2. The summed E-state index contributed by atoms with van der Waals surface area (Å²) in [6.45, 7) is 3.50. The van der Waals surface area contributed by atoms with Crippen molar-refractivity contribution in [3.8, 4) is 0 Å². The van der Waals surface area contributed by atoms with Crippen LogP contribution >= 0.6 is 0 Å². The van der Waals surface area contributed by atoms with Crippen LogP contribution in [0.1, 0.15) is 30.1 Å². The summed E-state index contributed by atoms with van der Waals surface area (Å²) in [6, 6.07) is 11.1. The molecule has 0 bridgehead atoms. The van der Waals surface area contributed by atoms with Gasteiger partial charge in [0, 0.05) is 38.9 Å². The molecule has 1 aromatic carbocycles. The summed E-state index contributed by atoms with van der Waals surface area (Å²) in [5.74, 6) is 0. The van der Waals surface area contributed by atoms with Crippen LogP contribution in [0.2, 0.25) is 0 Å². The molecule has 0 atom stereocenters. The van der Waals surface area contributed by atoms with Crippen LogP contribution in [0, 0.1) is 0 Å². The molecule has 1 saturated heterocycles. The first-order valence-electron chi connectivity index (χ1n) is 8.13. The van der Waals surface area contributed by atoms with Gasteiger partial charge in [-0.3, -0.25) is 0 Å². The second-order valence-corrected chi connectivity index (χ2v) is 5.97. The van der Waals surface area contributed by atoms with E-state index in [9.17, 15) is 0 Å². The smallest absolute Gasteiger partial charge is 0.0850 e. The lowest BCUT2D eigenvalue weighted by Crippen LogP contribution is -2.36. The molecular formula is C17H24N4O. The first-order chi connectivity index (χ1) is 10.8. The number of nitrogens with zero attached hydrogens (tertiary/aromatic N) is 4. The zero-order valence-electron chi connectivity index (χ0n) is 12.9. The number of hydrogen-bond donors (Lipinski definition) is 1. The summed E-state index contributed by atoms with van der Waals surface area (Å²) >= 11 is 0. The molecule has 0 saturated carbocycles. The van der Waals surface area contributed by atoms with E-state index in [1.807, 2.05) is 10.9 Å². The van der Waals surface area contributed by atoms with Crippen LogP contribution in [0.4, 0.5) is 0 Å². The number of aliphatic hydroxyl groups excluding tert-OH is 1. The van der Waals surface area contributed by atoms with Crippen LogP contribution in [0.15, 0.2) is 36.5 Å². The standard InChI is InChI=1S/C17H24N4O/c22-13-9-16-14-21(19-18-16)17-7-11-20(12-8-17)10-6-15-4-2-1-3-5-15/h1-5,14,17,22H,6-13H2. The number of benzene rings is 1. The molecule has 1 aliphatic heterocycles. The highest BCUT2D eigenvalue weighted by molar-refractivity contribution is 5.14. The molecule has 5 heteroatoms. The fourth-order valence-corrected chi connectivity index (χ4v) is 3.06. The van der Waals surface area contributed by atoms with Gasteiger partial charge >= 0.3 is 0 Å². The summed E-state index contributed by atoms with van der Waals surface area (Å²) in [4.78, 5) is 2.54. The average molecular weight is 300 g/mol. The molecule has 0 radical (unpaired) electrons. The van der Waals surface area contributed by atoms with Crippen LogP contribution in [0.25, 0.3) is 0 Å². The fraction of sp³-hybridized carbons (Fsp3) is 0.529. The van der Waals surface area contributed by atoms with Gasteiger partial charge in [0.05, 0.1) is 11.7 Å². The lowest BCUT2D eigenvalue weighted by Gasteiger charge is -2.31. The molecule has 1 aromatic heterocycles. The Morgan fingerprint density at radius 1 is 1.09 bits per heavy atom. The van der Waals surface area contributed by atoms with Gasteiger partial charge in [-0.15, -0.1) is 5.10 Å². The quantitative estimate of drug-likeness (QED) is 0.882. The number of rotatable bonds is 6. The van der Waals surface area contributed by atoms with E-state index in [-0.39, 0.29) is 6.61 Å². The Morgan fingerprint density at radius 3 is 2.59 bits per heavy atom. The number of piperidine rings is 1. The van der Waals surface area contributed by atoms with Gasteiger partial charge in [-0.25, -0.2) is 4.68 Å². The van der Waals surface area contributed by atoms with E-state index in [1.165, 1.54) is 5.56 Å². The van der Waals surface area contributed by atoms with Gasteiger partial charge in [0.25, 0.3) is 0 Å². The predicted octanol–water partition coefficient (Wildman–Crippen LogP) is 1.69. The van der Waals surface area contributed by atoms with Crippen molar-refractivity contribution in [2.75, 3.05) is 26.2 Å². The van der Waals surface area contributed by atoms with Gasteiger partial charge in [0.15, 0.2) is 0 Å². The first kappa shape index (κ1) is 15.2. The minimum absolute atomic E-state index is 0.136. The molecule has 0 aliphatic carbocycles. The molecule has 0 spiro atoms. The van der Waals surface area contributed by atoms with Crippen molar-refractivity contribution in [2.24, 2.45) is 0 Å². The maximum absolute atomic E-state index is 8.94. The van der Waals surface area contributed by atoms with Crippen molar-refractivity contribution in [2.45, 2.75) is 31.7 Å². The van der Waals surface area contributed by atoms with E-state index in [0.29, 0.717) is 12.5 Å². The SMILES string of the molecule is OCCc1cn(C2CCN(CCc3ccccc3)CC2)nn1. The van der Waals surface area contributed by atoms with E-state index in [2.05, 4.69) is 45.5 Å². The van der Waals surface area contributed by atoms with E-state index in [4.69, 9.17) is 5.11 Å². The van der Waals surface area contributed by atoms with Gasteiger partial charge in [0.1, 0.15) is 0 Å². The number of aromatic nitrogens is 3. The van der Waals surface area contributed by atoms with E-state index in [1.54, 1.807) is 0 Å². The highest BCUT2D eigenvalue weighted by Gasteiger charge is 2.21. The summed E-state index contributed by atoms with van der Waals surface area (Å²) < 4.78 is 1.99. The summed E-state index contributed by atoms with van der Waals surface area (Å²) in [7, 11) is 0. The lowest BCUT2D eigenvalue weighted by atomic mass is 10.0. The van der Waals surface area contributed by atoms with E-state index >= 15 is 0 Å². The number of likely N-dealkylation sites (tertiary alicyclic amines) is 1. The van der Waals surface area contributed by atoms with Crippen LogP contribution in [0.3, 0.4) is 0 Å². The second-order valence-electron chi connectivity index (χ2n) is 5.97. The molecule has 5 nitrogen and oxygen atoms in total. The molecule has 2 heterocycles. The third-order valence-corrected chi connectivity index (χ3v) is 4.42. The number of hydrogen-bond acceptors (Lipinski definition) is 4. The minimum Gasteiger partial charge on any atom is -0.396 e. The first-order valence-corrected chi connectivity index (χ1v) is 8.13. The minimum atomic E-state index is 0.136. The van der Waals surface area contributed by atoms with Crippen LogP contribution in [0.5, 0.6) is 0 Å². The zero-order valence-corrected chi connectivity index (χ0v) is 12.9. The Bertz CT molecular complexity index is 561. The highest BCUT2D eigenvalue weighted by Crippen LogP contribution is 2.21. The van der Waals surface area contributed by atoms with Gasteiger partial charge < -0.3 is 10.0 Å². The molecular weight excluding hydrogens is 276 g/mol. The van der Waals surface area contributed by atoms with Crippen LogP contribution < -0.4 is 0 Å². The monoisotopic (exact) mass is 300 g/mol. The van der Waals surface area contributed by atoms with Crippen LogP contribution in [-0.2, 0) is 12.8 Å². The molecule has 118 valence electrons. The van der Waals surface area contributed by atoms with Crippen LogP contribution in [-0.4, -0.2) is 51.2 Å². The van der Waals surface area contributed by atoms with Crippen molar-refractivity contribution in [1.29, 1.82) is 0 Å². The Kier molecular flexibility index (Phi) is 5.19. The molecule has 1 N–H and O–H groups in total. The topological polar surface area (TPSA) is 54.2 Å². The largest absolute Gasteiger partial charge is 0.396 e. The normalized spacial score (nSPS) is 17.0. The third kappa shape index (κ3) is 3.93.